The molecular formula is C19H21F2N3OS. The molecule has 1 saturated heterocycles. The first-order valence-corrected chi connectivity index (χ1v) is 9.55. The minimum Gasteiger partial charge on any atom is -0.387 e. The van der Waals surface area contributed by atoms with E-state index in [4.69, 9.17) is 0 Å². The molecule has 2 aromatic carbocycles. The highest BCUT2D eigenvalue weighted by Gasteiger charge is 2.27. The number of nitrogens with one attached hydrogen (secondary N) is 1. The zero-order valence-corrected chi connectivity index (χ0v) is 15.3. The molecule has 4 nitrogen and oxygen atoms in total. The Hall–Kier alpha value is -1.67. The van der Waals surface area contributed by atoms with E-state index in [1.807, 2.05) is 4.57 Å². The van der Waals surface area contributed by atoms with Crippen LogP contribution in [0.15, 0.2) is 36.4 Å². The Morgan fingerprint density at radius 2 is 1.69 bits per heavy atom. The fourth-order valence-electron chi connectivity index (χ4n) is 3.59. The highest BCUT2D eigenvalue weighted by Crippen LogP contribution is 2.32. The molecule has 2 heterocycles. The number of hydrogen-bond acceptors (Lipinski definition) is 4. The van der Waals surface area contributed by atoms with Crippen LogP contribution < -0.4 is 5.32 Å². The van der Waals surface area contributed by atoms with E-state index < -0.39 is 5.60 Å². The first kappa shape index (κ1) is 17.7. The number of nitrogens with zero attached hydrogens (tertiary/aromatic N) is 2. The van der Waals surface area contributed by atoms with E-state index in [2.05, 4.69) is 9.62 Å². The minimum absolute atomic E-state index is 0.342. The molecule has 1 aromatic heterocycles. The average molecular weight is 377 g/mol. The van der Waals surface area contributed by atoms with Gasteiger partial charge < -0.3 is 15.0 Å². The zero-order chi connectivity index (χ0) is 18.3. The monoisotopic (exact) mass is 377 g/mol. The van der Waals surface area contributed by atoms with Crippen molar-refractivity contribution in [2.45, 2.75) is 19.1 Å². The van der Waals surface area contributed by atoms with Gasteiger partial charge in [0.05, 0.1) is 18.0 Å². The van der Waals surface area contributed by atoms with Gasteiger partial charge in [0, 0.05) is 41.4 Å². The summed E-state index contributed by atoms with van der Waals surface area (Å²) in [5, 5.41) is 15.6. The number of halogens is 2. The second-order valence-corrected chi connectivity index (χ2v) is 8.11. The van der Waals surface area contributed by atoms with Crippen molar-refractivity contribution in [2.75, 3.05) is 25.5 Å². The van der Waals surface area contributed by atoms with Crippen molar-refractivity contribution >= 4 is 33.8 Å². The van der Waals surface area contributed by atoms with Gasteiger partial charge in [-0.25, -0.2) is 13.1 Å². The van der Waals surface area contributed by atoms with E-state index in [0.29, 0.717) is 23.9 Å². The maximum atomic E-state index is 13.8. The van der Waals surface area contributed by atoms with E-state index in [-0.39, 0.29) is 11.6 Å². The summed E-state index contributed by atoms with van der Waals surface area (Å²) in [7, 11) is 0. The third-order valence-corrected chi connectivity index (χ3v) is 5.70. The third-order valence-electron chi connectivity index (χ3n) is 4.69. The first-order chi connectivity index (χ1) is 12.4. The lowest BCUT2D eigenvalue weighted by molar-refractivity contribution is 0.0278. The van der Waals surface area contributed by atoms with E-state index in [1.54, 1.807) is 31.0 Å². The standard InChI is InChI=1S/C19H21F2N3OS/c1-19(25,10-23-7-6-22-12-26-23)11-24-17-4-2-13(20)8-15(17)16-9-14(21)3-5-18(16)24/h2-5,8-9,22,25H,6-7,10-12H2,1H3. The highest BCUT2D eigenvalue weighted by atomic mass is 32.2. The Morgan fingerprint density at radius 3 is 2.23 bits per heavy atom. The first-order valence-electron chi connectivity index (χ1n) is 8.61. The second-order valence-electron chi connectivity index (χ2n) is 7.04. The van der Waals surface area contributed by atoms with Gasteiger partial charge in [0.1, 0.15) is 11.6 Å². The summed E-state index contributed by atoms with van der Waals surface area (Å²) in [5.74, 6) is 0.124. The molecule has 0 aliphatic carbocycles. The summed E-state index contributed by atoms with van der Waals surface area (Å²) in [4.78, 5) is 0. The predicted octanol–water partition coefficient (Wildman–Crippen LogP) is 3.33. The molecule has 0 amide bonds. The lowest BCUT2D eigenvalue weighted by Gasteiger charge is -2.33. The second kappa shape index (κ2) is 6.81. The van der Waals surface area contributed by atoms with Gasteiger partial charge in [-0.1, -0.05) is 11.9 Å². The molecule has 0 bridgehead atoms. The van der Waals surface area contributed by atoms with Crippen LogP contribution >= 0.6 is 11.9 Å². The van der Waals surface area contributed by atoms with E-state index in [0.717, 1.165) is 30.0 Å². The van der Waals surface area contributed by atoms with Gasteiger partial charge in [0.25, 0.3) is 0 Å². The summed E-state index contributed by atoms with van der Waals surface area (Å²) in [6.07, 6.45) is 0. The molecule has 3 aromatic rings. The Labute approximate surface area is 154 Å². The number of fused-ring (bicyclic) bond motifs is 3. The fraction of sp³-hybridized carbons (Fsp3) is 0.368. The van der Waals surface area contributed by atoms with Crippen molar-refractivity contribution in [3.63, 3.8) is 0 Å². The fourth-order valence-corrected chi connectivity index (χ4v) is 4.60. The molecule has 1 aliphatic heterocycles. The van der Waals surface area contributed by atoms with E-state index in [9.17, 15) is 13.9 Å². The zero-order valence-electron chi connectivity index (χ0n) is 14.5. The number of hydrogen-bond donors (Lipinski definition) is 2. The Kier molecular flexibility index (Phi) is 4.64. The molecule has 26 heavy (non-hydrogen) atoms. The van der Waals surface area contributed by atoms with Crippen molar-refractivity contribution in [1.29, 1.82) is 0 Å². The quantitative estimate of drug-likeness (QED) is 0.685. The van der Waals surface area contributed by atoms with Gasteiger partial charge in [-0.15, -0.1) is 0 Å². The number of aliphatic hydroxyl groups is 1. The lowest BCUT2D eigenvalue weighted by Crippen LogP contribution is -2.45. The molecule has 1 aliphatic rings. The Morgan fingerprint density at radius 1 is 1.08 bits per heavy atom. The molecule has 0 saturated carbocycles. The summed E-state index contributed by atoms with van der Waals surface area (Å²) in [6, 6.07) is 9.03. The Bertz CT molecular complexity index is 892. The topological polar surface area (TPSA) is 40.4 Å². The van der Waals surface area contributed by atoms with Crippen LogP contribution in [0, 0.1) is 11.6 Å². The largest absolute Gasteiger partial charge is 0.387 e. The number of β-amino-alcohol motifs (C(OH)–C–C–N with tert-alkyl or cyclic N) is 1. The smallest absolute Gasteiger partial charge is 0.123 e. The van der Waals surface area contributed by atoms with Crippen LogP contribution in [0.5, 0.6) is 0 Å². The van der Waals surface area contributed by atoms with Gasteiger partial charge >= 0.3 is 0 Å². The minimum atomic E-state index is -0.980. The third kappa shape index (κ3) is 3.44. The molecular weight excluding hydrogens is 356 g/mol. The van der Waals surface area contributed by atoms with Crippen LogP contribution in [-0.2, 0) is 6.54 Å². The molecule has 138 valence electrons. The van der Waals surface area contributed by atoms with Gasteiger partial charge in [0.2, 0.25) is 0 Å². The summed E-state index contributed by atoms with van der Waals surface area (Å²) >= 11 is 1.67. The average Bonchev–Trinajstić information content (AvgIpc) is 2.87. The van der Waals surface area contributed by atoms with Crippen LogP contribution in [0.3, 0.4) is 0 Å². The summed E-state index contributed by atoms with van der Waals surface area (Å²) in [5.41, 5.74) is 0.604. The van der Waals surface area contributed by atoms with Crippen LogP contribution in [0.25, 0.3) is 21.8 Å². The molecule has 2 N–H and O–H groups in total. The molecule has 4 rings (SSSR count). The molecule has 0 spiro atoms. The SMILES string of the molecule is CC(O)(CN1CCNCS1)Cn1c2ccc(F)cc2c2cc(F)ccc21. The molecule has 1 atom stereocenters. The van der Waals surface area contributed by atoms with E-state index >= 15 is 0 Å². The summed E-state index contributed by atoms with van der Waals surface area (Å²) in [6.45, 7) is 4.43. The maximum Gasteiger partial charge on any atom is 0.123 e. The van der Waals surface area contributed by atoms with Gasteiger partial charge in [-0.05, 0) is 43.3 Å². The van der Waals surface area contributed by atoms with Crippen LogP contribution in [0.1, 0.15) is 6.92 Å². The van der Waals surface area contributed by atoms with Gasteiger partial charge in [-0.2, -0.15) is 0 Å². The molecule has 1 fully saturated rings. The number of rotatable bonds is 4. The van der Waals surface area contributed by atoms with E-state index in [1.165, 1.54) is 24.3 Å². The lowest BCUT2D eigenvalue weighted by atomic mass is 10.1. The molecule has 1 unspecified atom stereocenters. The van der Waals surface area contributed by atoms with Crippen LogP contribution in [0.4, 0.5) is 8.78 Å². The molecule has 0 radical (unpaired) electrons. The number of benzene rings is 2. The molecule has 7 heteroatoms. The van der Waals surface area contributed by atoms with Crippen molar-refractivity contribution in [1.82, 2.24) is 14.2 Å². The van der Waals surface area contributed by atoms with Crippen LogP contribution in [-0.4, -0.2) is 45.1 Å². The summed E-state index contributed by atoms with van der Waals surface area (Å²) < 4.78 is 31.6. The van der Waals surface area contributed by atoms with Crippen molar-refractivity contribution in [3.05, 3.63) is 48.0 Å². The van der Waals surface area contributed by atoms with Gasteiger partial charge in [-0.3, -0.25) is 0 Å². The van der Waals surface area contributed by atoms with Crippen molar-refractivity contribution in [2.24, 2.45) is 0 Å². The Balaban J connectivity index is 1.74. The van der Waals surface area contributed by atoms with Crippen LogP contribution in [0.2, 0.25) is 0 Å². The normalized spacial score (nSPS) is 18.5. The van der Waals surface area contributed by atoms with Crippen molar-refractivity contribution in [3.8, 4) is 0 Å². The number of aromatic nitrogens is 1. The van der Waals surface area contributed by atoms with Gasteiger partial charge in [0.15, 0.2) is 0 Å². The van der Waals surface area contributed by atoms with Crippen molar-refractivity contribution < 1.29 is 13.9 Å². The predicted molar refractivity (Wildman–Crippen MR) is 102 cm³/mol. The maximum absolute atomic E-state index is 13.8. The highest BCUT2D eigenvalue weighted by molar-refractivity contribution is 7.97.